The fourth-order valence-corrected chi connectivity index (χ4v) is 4.73. The summed E-state index contributed by atoms with van der Waals surface area (Å²) in [6, 6.07) is 0. The van der Waals surface area contributed by atoms with Crippen LogP contribution >= 0.6 is 11.3 Å². The van der Waals surface area contributed by atoms with Crippen molar-refractivity contribution in [1.82, 2.24) is 24.8 Å². The van der Waals surface area contributed by atoms with Crippen molar-refractivity contribution in [2.45, 2.75) is 32.7 Å². The average Bonchev–Trinajstić information content (AvgIpc) is 3.26. The van der Waals surface area contributed by atoms with Crippen LogP contribution < -0.4 is 0 Å². The van der Waals surface area contributed by atoms with Gasteiger partial charge in [-0.15, -0.1) is 11.3 Å². The molecule has 7 heteroatoms. The number of aryl methyl sites for hydroxylation is 1. The molecule has 132 valence electrons. The van der Waals surface area contributed by atoms with Crippen molar-refractivity contribution in [3.8, 4) is 0 Å². The lowest BCUT2D eigenvalue weighted by atomic mass is 9.79. The number of piperidine rings is 1. The minimum absolute atomic E-state index is 0.0152. The Balaban J connectivity index is 1.41. The number of hydrogen-bond acceptors (Lipinski definition) is 6. The topological polar surface area (TPSA) is 62.2 Å². The molecular formula is C18H23N5OS. The molecule has 2 fully saturated rings. The second kappa shape index (κ2) is 6.80. The van der Waals surface area contributed by atoms with Gasteiger partial charge >= 0.3 is 0 Å². The Hall–Kier alpha value is -1.86. The third-order valence-electron chi connectivity index (χ3n) is 5.31. The number of amides is 1. The zero-order chi connectivity index (χ0) is 17.3. The van der Waals surface area contributed by atoms with Crippen molar-refractivity contribution in [2.75, 3.05) is 26.2 Å². The number of hydrogen-bond donors (Lipinski definition) is 0. The molecule has 1 amide bonds. The highest BCUT2D eigenvalue weighted by Gasteiger charge is 2.43. The highest BCUT2D eigenvalue weighted by Crippen LogP contribution is 2.39. The first kappa shape index (κ1) is 16.6. The van der Waals surface area contributed by atoms with E-state index < -0.39 is 0 Å². The van der Waals surface area contributed by atoms with Gasteiger partial charge in [-0.25, -0.2) is 9.97 Å². The maximum atomic E-state index is 12.7. The molecule has 2 aromatic heterocycles. The number of thiazole rings is 1. The first-order valence-corrected chi connectivity index (χ1v) is 9.70. The number of carbonyl (C=O) groups is 1. The summed E-state index contributed by atoms with van der Waals surface area (Å²) in [5.74, 6) is 0.0152. The van der Waals surface area contributed by atoms with Gasteiger partial charge in [0.1, 0.15) is 10.7 Å². The van der Waals surface area contributed by atoms with E-state index in [9.17, 15) is 4.79 Å². The number of nitrogens with zero attached hydrogens (tertiary/aromatic N) is 5. The van der Waals surface area contributed by atoms with E-state index in [1.807, 2.05) is 23.4 Å². The van der Waals surface area contributed by atoms with E-state index in [0.29, 0.717) is 5.69 Å². The van der Waals surface area contributed by atoms with Gasteiger partial charge in [-0.05, 0) is 32.7 Å². The predicted octanol–water partition coefficient (Wildman–Crippen LogP) is 2.37. The highest BCUT2D eigenvalue weighted by atomic mass is 32.1. The monoisotopic (exact) mass is 357 g/mol. The maximum absolute atomic E-state index is 12.7. The molecule has 6 nitrogen and oxygen atoms in total. The molecule has 1 unspecified atom stereocenters. The molecule has 2 saturated heterocycles. The second-order valence-electron chi connectivity index (χ2n) is 7.26. The maximum Gasteiger partial charge on any atom is 0.274 e. The lowest BCUT2D eigenvalue weighted by Crippen LogP contribution is -2.45. The van der Waals surface area contributed by atoms with Crippen LogP contribution in [0.15, 0.2) is 24.0 Å². The van der Waals surface area contributed by atoms with Crippen LogP contribution in [0.2, 0.25) is 0 Å². The molecule has 2 aromatic rings. The first-order valence-electron chi connectivity index (χ1n) is 8.82. The van der Waals surface area contributed by atoms with Gasteiger partial charge in [-0.2, -0.15) is 0 Å². The molecule has 1 spiro atoms. The minimum Gasteiger partial charge on any atom is -0.337 e. The zero-order valence-electron chi connectivity index (χ0n) is 14.5. The molecule has 2 aliphatic heterocycles. The second-order valence-corrected chi connectivity index (χ2v) is 8.24. The van der Waals surface area contributed by atoms with Crippen LogP contribution in [0.3, 0.4) is 0 Å². The average molecular weight is 357 g/mol. The zero-order valence-corrected chi connectivity index (χ0v) is 15.3. The van der Waals surface area contributed by atoms with E-state index in [2.05, 4.69) is 19.9 Å². The van der Waals surface area contributed by atoms with Gasteiger partial charge in [0.2, 0.25) is 0 Å². The molecule has 25 heavy (non-hydrogen) atoms. The van der Waals surface area contributed by atoms with Crippen LogP contribution in [-0.2, 0) is 6.54 Å². The van der Waals surface area contributed by atoms with Crippen molar-refractivity contribution in [3.05, 3.63) is 40.4 Å². The molecule has 0 radical (unpaired) electrons. The Labute approximate surface area is 151 Å². The normalized spacial score (nSPS) is 24.1. The number of carbonyl (C=O) groups excluding carboxylic acids is 1. The summed E-state index contributed by atoms with van der Waals surface area (Å²) in [5.41, 5.74) is 1.51. The highest BCUT2D eigenvalue weighted by molar-refractivity contribution is 7.09. The van der Waals surface area contributed by atoms with Crippen LogP contribution in [0.25, 0.3) is 0 Å². The lowest BCUT2D eigenvalue weighted by Gasteiger charge is -2.40. The van der Waals surface area contributed by atoms with Crippen molar-refractivity contribution in [3.63, 3.8) is 0 Å². The Morgan fingerprint density at radius 1 is 1.20 bits per heavy atom. The van der Waals surface area contributed by atoms with Gasteiger partial charge in [-0.3, -0.25) is 14.7 Å². The SMILES string of the molecule is Cc1cnc(C(=O)N2CCC3(CCCN(Cc4nccs4)C3)C2)cn1. The molecule has 2 aliphatic rings. The molecule has 1 atom stereocenters. The number of likely N-dealkylation sites (tertiary alicyclic amines) is 2. The standard InChI is InChI=1S/C18H23N5OS/c1-14-9-21-15(10-20-14)17(24)23-7-4-18(13-23)3-2-6-22(12-18)11-16-19-5-8-25-16/h5,8-10H,2-4,6-7,11-13H2,1H3. The summed E-state index contributed by atoms with van der Waals surface area (Å²) in [6.07, 6.45) is 8.60. The number of aromatic nitrogens is 3. The van der Waals surface area contributed by atoms with Crippen molar-refractivity contribution in [1.29, 1.82) is 0 Å². The molecule has 4 heterocycles. The lowest BCUT2D eigenvalue weighted by molar-refractivity contribution is 0.0670. The summed E-state index contributed by atoms with van der Waals surface area (Å²) in [4.78, 5) is 30.1. The molecule has 0 saturated carbocycles. The molecule has 0 bridgehead atoms. The van der Waals surface area contributed by atoms with Gasteiger partial charge < -0.3 is 4.90 Å². The summed E-state index contributed by atoms with van der Waals surface area (Å²) in [7, 11) is 0. The molecule has 0 aliphatic carbocycles. The molecule has 4 rings (SSSR count). The summed E-state index contributed by atoms with van der Waals surface area (Å²) in [6.45, 7) is 6.63. The summed E-state index contributed by atoms with van der Waals surface area (Å²) < 4.78 is 0. The van der Waals surface area contributed by atoms with Crippen LogP contribution in [0.1, 0.15) is 40.5 Å². The smallest absolute Gasteiger partial charge is 0.274 e. The minimum atomic E-state index is 0.0152. The molecular weight excluding hydrogens is 334 g/mol. The van der Waals surface area contributed by atoms with E-state index >= 15 is 0 Å². The van der Waals surface area contributed by atoms with Crippen molar-refractivity contribution >= 4 is 17.2 Å². The first-order chi connectivity index (χ1) is 12.1. The van der Waals surface area contributed by atoms with Gasteiger partial charge in [-0.1, -0.05) is 0 Å². The van der Waals surface area contributed by atoms with Crippen LogP contribution in [-0.4, -0.2) is 56.8 Å². The van der Waals surface area contributed by atoms with Gasteiger partial charge in [0.25, 0.3) is 5.91 Å². The largest absolute Gasteiger partial charge is 0.337 e. The van der Waals surface area contributed by atoms with Crippen molar-refractivity contribution in [2.24, 2.45) is 5.41 Å². The molecule has 0 aromatic carbocycles. The van der Waals surface area contributed by atoms with E-state index in [1.54, 1.807) is 23.7 Å². The Bertz CT molecular complexity index is 732. The van der Waals surface area contributed by atoms with Gasteiger partial charge in [0.05, 0.1) is 18.4 Å². The fourth-order valence-electron chi connectivity index (χ4n) is 4.07. The third kappa shape index (κ3) is 3.57. The number of rotatable bonds is 3. The van der Waals surface area contributed by atoms with Crippen LogP contribution in [0, 0.1) is 12.3 Å². The molecule has 0 N–H and O–H groups in total. The van der Waals surface area contributed by atoms with Gasteiger partial charge in [0.15, 0.2) is 0 Å². The van der Waals surface area contributed by atoms with Gasteiger partial charge in [0, 0.05) is 42.8 Å². The van der Waals surface area contributed by atoms with Crippen LogP contribution in [0.4, 0.5) is 0 Å². The van der Waals surface area contributed by atoms with Crippen LogP contribution in [0.5, 0.6) is 0 Å². The van der Waals surface area contributed by atoms with E-state index in [4.69, 9.17) is 0 Å². The van der Waals surface area contributed by atoms with E-state index in [1.165, 1.54) is 17.8 Å². The Morgan fingerprint density at radius 3 is 2.88 bits per heavy atom. The van der Waals surface area contributed by atoms with E-state index in [-0.39, 0.29) is 11.3 Å². The van der Waals surface area contributed by atoms with Crippen molar-refractivity contribution < 1.29 is 4.79 Å². The van der Waals surface area contributed by atoms with E-state index in [0.717, 1.165) is 44.8 Å². The summed E-state index contributed by atoms with van der Waals surface area (Å²) >= 11 is 1.72. The predicted molar refractivity (Wildman–Crippen MR) is 96.3 cm³/mol. The third-order valence-corrected chi connectivity index (χ3v) is 6.07. The summed E-state index contributed by atoms with van der Waals surface area (Å²) in [5, 5.41) is 3.21. The fraction of sp³-hybridized carbons (Fsp3) is 0.556. The quantitative estimate of drug-likeness (QED) is 0.844. The Kier molecular flexibility index (Phi) is 4.52. The Morgan fingerprint density at radius 2 is 2.12 bits per heavy atom.